The zero-order chi connectivity index (χ0) is 21.7. The molecular weight excluding hydrogens is 399 g/mol. The topological polar surface area (TPSA) is 73.2 Å². The highest BCUT2D eigenvalue weighted by molar-refractivity contribution is 5.90. The van der Waals surface area contributed by atoms with Gasteiger partial charge in [0.2, 0.25) is 5.91 Å². The number of anilines is 1. The van der Waals surface area contributed by atoms with Crippen LogP contribution in [0.3, 0.4) is 0 Å². The fourth-order valence-corrected chi connectivity index (χ4v) is 2.71. The van der Waals surface area contributed by atoms with Gasteiger partial charge in [-0.3, -0.25) is 9.59 Å². The maximum atomic E-state index is 12.8. The van der Waals surface area contributed by atoms with Crippen LogP contribution < -0.4 is 15.6 Å². The largest absolute Gasteiger partial charge is 0.494 e. The normalized spacial score (nSPS) is 11.2. The molecule has 0 aliphatic heterocycles. The third-order valence-corrected chi connectivity index (χ3v) is 4.09. The average molecular weight is 417 g/mol. The summed E-state index contributed by atoms with van der Waals surface area (Å²) in [5.41, 5.74) is -0.238. The minimum Gasteiger partial charge on any atom is -0.494 e. The van der Waals surface area contributed by atoms with E-state index in [0.29, 0.717) is 23.6 Å². The molecule has 0 spiro atoms. The summed E-state index contributed by atoms with van der Waals surface area (Å²) in [5, 5.41) is 6.53. The first-order chi connectivity index (χ1) is 14.3. The summed E-state index contributed by atoms with van der Waals surface area (Å²) in [6.45, 7) is 1.96. The number of halogens is 3. The predicted octanol–water partition coefficient (Wildman–Crippen LogP) is 3.97. The van der Waals surface area contributed by atoms with Gasteiger partial charge in [0.05, 0.1) is 17.9 Å². The van der Waals surface area contributed by atoms with Crippen LogP contribution in [-0.4, -0.2) is 22.3 Å². The maximum Gasteiger partial charge on any atom is 0.416 e. The van der Waals surface area contributed by atoms with Crippen LogP contribution in [0.2, 0.25) is 0 Å². The number of carbonyl (C=O) groups excluding carboxylic acids is 1. The van der Waals surface area contributed by atoms with Crippen molar-refractivity contribution in [2.45, 2.75) is 19.6 Å². The van der Waals surface area contributed by atoms with E-state index in [2.05, 4.69) is 10.4 Å². The first-order valence-corrected chi connectivity index (χ1v) is 9.05. The van der Waals surface area contributed by atoms with E-state index in [-0.39, 0.29) is 5.69 Å². The number of nitrogens with zero attached hydrogens (tertiary/aromatic N) is 2. The van der Waals surface area contributed by atoms with Gasteiger partial charge in [-0.15, -0.1) is 0 Å². The second kappa shape index (κ2) is 8.81. The molecule has 3 aromatic rings. The van der Waals surface area contributed by atoms with Gasteiger partial charge < -0.3 is 10.1 Å². The molecule has 0 unspecified atom stereocenters. The summed E-state index contributed by atoms with van der Waals surface area (Å²) < 4.78 is 44.7. The van der Waals surface area contributed by atoms with Gasteiger partial charge >= 0.3 is 6.18 Å². The van der Waals surface area contributed by atoms with Crippen molar-refractivity contribution in [3.05, 3.63) is 76.6 Å². The third kappa shape index (κ3) is 5.25. The van der Waals surface area contributed by atoms with Gasteiger partial charge in [0.25, 0.3) is 5.56 Å². The number of nitrogens with one attached hydrogen (secondary N) is 1. The molecule has 6 nitrogen and oxygen atoms in total. The zero-order valence-electron chi connectivity index (χ0n) is 15.9. The first-order valence-electron chi connectivity index (χ1n) is 9.05. The Morgan fingerprint density at radius 3 is 2.50 bits per heavy atom. The molecule has 1 aromatic heterocycles. The van der Waals surface area contributed by atoms with Crippen molar-refractivity contribution >= 4 is 11.6 Å². The van der Waals surface area contributed by atoms with Crippen LogP contribution in [0.5, 0.6) is 5.75 Å². The molecular formula is C21H18F3N3O3. The second-order valence-corrected chi connectivity index (χ2v) is 6.30. The van der Waals surface area contributed by atoms with Crippen LogP contribution in [0.25, 0.3) is 11.3 Å². The Morgan fingerprint density at radius 2 is 1.83 bits per heavy atom. The molecule has 0 saturated carbocycles. The fraction of sp³-hybridized carbons (Fsp3) is 0.190. The number of alkyl halides is 3. The predicted molar refractivity (Wildman–Crippen MR) is 105 cm³/mol. The van der Waals surface area contributed by atoms with Gasteiger partial charge in [0.1, 0.15) is 12.3 Å². The molecule has 0 aliphatic carbocycles. The van der Waals surface area contributed by atoms with Gasteiger partial charge in [-0.25, -0.2) is 4.68 Å². The first kappa shape index (κ1) is 21.1. The molecule has 0 fully saturated rings. The molecule has 0 saturated heterocycles. The van der Waals surface area contributed by atoms with Gasteiger partial charge in [-0.2, -0.15) is 18.3 Å². The zero-order valence-corrected chi connectivity index (χ0v) is 15.9. The van der Waals surface area contributed by atoms with E-state index in [1.165, 1.54) is 24.3 Å². The summed E-state index contributed by atoms with van der Waals surface area (Å²) in [6.07, 6.45) is -4.52. The summed E-state index contributed by atoms with van der Waals surface area (Å²) in [7, 11) is 0. The maximum absolute atomic E-state index is 12.8. The number of hydrogen-bond acceptors (Lipinski definition) is 4. The summed E-state index contributed by atoms with van der Waals surface area (Å²) in [4.78, 5) is 24.3. The fourth-order valence-electron chi connectivity index (χ4n) is 2.71. The van der Waals surface area contributed by atoms with E-state index in [1.807, 2.05) is 6.92 Å². The number of carbonyl (C=O) groups is 1. The number of rotatable bonds is 6. The Kier molecular flexibility index (Phi) is 6.20. The van der Waals surface area contributed by atoms with Crippen LogP contribution in [-0.2, 0) is 17.5 Å². The molecule has 3 rings (SSSR count). The molecule has 9 heteroatoms. The van der Waals surface area contributed by atoms with Gasteiger partial charge in [-0.05, 0) is 55.5 Å². The average Bonchev–Trinajstić information content (AvgIpc) is 2.70. The van der Waals surface area contributed by atoms with Gasteiger partial charge in [0, 0.05) is 17.3 Å². The van der Waals surface area contributed by atoms with Crippen molar-refractivity contribution in [1.82, 2.24) is 9.78 Å². The van der Waals surface area contributed by atoms with E-state index >= 15 is 0 Å². The lowest BCUT2D eigenvalue weighted by Crippen LogP contribution is -2.29. The van der Waals surface area contributed by atoms with E-state index in [9.17, 15) is 22.8 Å². The summed E-state index contributed by atoms with van der Waals surface area (Å²) in [6, 6.07) is 14.1. The van der Waals surface area contributed by atoms with Crippen molar-refractivity contribution in [2.75, 3.05) is 11.9 Å². The summed E-state index contributed by atoms with van der Waals surface area (Å²) >= 11 is 0. The number of amides is 1. The Hall–Kier alpha value is -3.62. The standard InChI is InChI=1S/C21H18F3N3O3/c1-2-30-17-8-6-14(7-9-17)18-10-11-20(29)27(26-18)13-19(28)25-16-5-3-4-15(12-16)21(22,23)24/h3-12H,2,13H2,1H3,(H,25,28). The molecule has 1 N–H and O–H groups in total. The number of aromatic nitrogens is 2. The Bertz CT molecular complexity index is 1090. The molecule has 0 bridgehead atoms. The molecule has 30 heavy (non-hydrogen) atoms. The highest BCUT2D eigenvalue weighted by Crippen LogP contribution is 2.30. The number of benzene rings is 2. The minimum absolute atomic E-state index is 0.0226. The van der Waals surface area contributed by atoms with E-state index in [1.54, 1.807) is 24.3 Å². The highest BCUT2D eigenvalue weighted by atomic mass is 19.4. The Morgan fingerprint density at radius 1 is 1.10 bits per heavy atom. The Balaban J connectivity index is 1.76. The lowest BCUT2D eigenvalue weighted by Gasteiger charge is -2.11. The van der Waals surface area contributed by atoms with Gasteiger partial charge in [0.15, 0.2) is 0 Å². The van der Waals surface area contributed by atoms with Crippen LogP contribution in [0.4, 0.5) is 18.9 Å². The SMILES string of the molecule is CCOc1ccc(-c2ccc(=O)n(CC(=O)Nc3cccc(C(F)(F)F)c3)n2)cc1. The lowest BCUT2D eigenvalue weighted by atomic mass is 10.1. The Labute approximate surface area is 169 Å². The van der Waals surface area contributed by atoms with Crippen LogP contribution in [0.1, 0.15) is 12.5 Å². The highest BCUT2D eigenvalue weighted by Gasteiger charge is 2.30. The summed E-state index contributed by atoms with van der Waals surface area (Å²) in [5.74, 6) is 0.0165. The third-order valence-electron chi connectivity index (χ3n) is 4.09. The van der Waals surface area contributed by atoms with E-state index in [4.69, 9.17) is 4.74 Å². The van der Waals surface area contributed by atoms with Crippen molar-refractivity contribution in [3.8, 4) is 17.0 Å². The monoisotopic (exact) mass is 417 g/mol. The van der Waals surface area contributed by atoms with Crippen LogP contribution in [0.15, 0.2) is 65.5 Å². The molecule has 0 radical (unpaired) electrons. The van der Waals surface area contributed by atoms with Crippen LogP contribution in [0, 0.1) is 0 Å². The molecule has 2 aromatic carbocycles. The van der Waals surface area contributed by atoms with Crippen molar-refractivity contribution in [3.63, 3.8) is 0 Å². The van der Waals surface area contributed by atoms with Crippen molar-refractivity contribution < 1.29 is 22.7 Å². The van der Waals surface area contributed by atoms with Crippen molar-refractivity contribution in [1.29, 1.82) is 0 Å². The number of hydrogen-bond donors (Lipinski definition) is 1. The molecule has 156 valence electrons. The van der Waals surface area contributed by atoms with Gasteiger partial charge in [-0.1, -0.05) is 6.07 Å². The van der Waals surface area contributed by atoms with Crippen LogP contribution >= 0.6 is 0 Å². The smallest absolute Gasteiger partial charge is 0.416 e. The molecule has 1 heterocycles. The second-order valence-electron chi connectivity index (χ2n) is 6.30. The molecule has 0 atom stereocenters. The van der Waals surface area contributed by atoms with Crippen molar-refractivity contribution in [2.24, 2.45) is 0 Å². The quantitative estimate of drug-likeness (QED) is 0.659. The van der Waals surface area contributed by atoms with E-state index < -0.39 is 29.8 Å². The minimum atomic E-state index is -4.52. The lowest BCUT2D eigenvalue weighted by molar-refractivity contribution is -0.137. The number of ether oxygens (including phenoxy) is 1. The molecule has 1 amide bonds. The molecule has 0 aliphatic rings. The van der Waals surface area contributed by atoms with E-state index in [0.717, 1.165) is 16.8 Å².